The molecule has 0 spiro atoms. The van der Waals surface area contributed by atoms with Gasteiger partial charge >= 0.3 is 0 Å². The van der Waals surface area contributed by atoms with Gasteiger partial charge in [-0.1, -0.05) is 36.8 Å². The molecule has 2 N–H and O–H groups in total. The van der Waals surface area contributed by atoms with Crippen molar-refractivity contribution < 1.29 is 4.79 Å². The van der Waals surface area contributed by atoms with Crippen molar-refractivity contribution >= 4 is 5.91 Å². The maximum absolute atomic E-state index is 12.6. The van der Waals surface area contributed by atoms with Crippen molar-refractivity contribution in [2.45, 2.75) is 45.2 Å². The van der Waals surface area contributed by atoms with Crippen LogP contribution in [-0.2, 0) is 11.3 Å². The van der Waals surface area contributed by atoms with Crippen molar-refractivity contribution in [2.75, 3.05) is 26.2 Å². The lowest BCUT2D eigenvalue weighted by Gasteiger charge is -2.36. The van der Waals surface area contributed by atoms with E-state index in [0.29, 0.717) is 25.7 Å². The number of rotatable bonds is 7. The second kappa shape index (κ2) is 8.91. The number of carbonyl (C=O) groups excluding carboxylic acids is 1. The molecule has 1 aromatic rings. The Bertz CT molecular complexity index is 447. The van der Waals surface area contributed by atoms with Crippen LogP contribution in [0.25, 0.3) is 0 Å². The highest BCUT2D eigenvalue weighted by Crippen LogP contribution is 2.19. The van der Waals surface area contributed by atoms with E-state index in [1.54, 1.807) is 0 Å². The Labute approximate surface area is 134 Å². The summed E-state index contributed by atoms with van der Waals surface area (Å²) in [5.74, 6) is 0.232. The van der Waals surface area contributed by atoms with E-state index in [1.165, 1.54) is 24.8 Å². The van der Waals surface area contributed by atoms with Crippen LogP contribution >= 0.6 is 0 Å². The van der Waals surface area contributed by atoms with Crippen LogP contribution in [0.1, 0.15) is 38.2 Å². The second-order valence-electron chi connectivity index (χ2n) is 6.09. The largest absolute Gasteiger partial charge is 0.338 e. The molecule has 0 aliphatic carbocycles. The fourth-order valence-corrected chi connectivity index (χ4v) is 3.24. The fourth-order valence-electron chi connectivity index (χ4n) is 3.24. The average Bonchev–Trinajstić information content (AvgIpc) is 2.55. The van der Waals surface area contributed by atoms with Crippen LogP contribution in [-0.4, -0.2) is 47.9 Å². The lowest BCUT2D eigenvalue weighted by Crippen LogP contribution is -2.47. The molecular weight excluding hydrogens is 274 g/mol. The van der Waals surface area contributed by atoms with E-state index in [-0.39, 0.29) is 5.91 Å². The molecule has 4 nitrogen and oxygen atoms in total. The van der Waals surface area contributed by atoms with Crippen molar-refractivity contribution in [2.24, 2.45) is 5.73 Å². The van der Waals surface area contributed by atoms with Crippen molar-refractivity contribution in [3.05, 3.63) is 35.9 Å². The predicted octanol–water partition coefficient (Wildman–Crippen LogP) is 2.24. The number of likely N-dealkylation sites (tertiary alicyclic amines) is 1. The third-order valence-electron chi connectivity index (χ3n) is 4.54. The third-order valence-corrected chi connectivity index (χ3v) is 4.54. The van der Waals surface area contributed by atoms with Gasteiger partial charge in [0, 0.05) is 19.1 Å². The first-order valence-corrected chi connectivity index (χ1v) is 8.50. The van der Waals surface area contributed by atoms with Gasteiger partial charge < -0.3 is 10.6 Å². The number of amides is 1. The first-order valence-electron chi connectivity index (χ1n) is 8.50. The Morgan fingerprint density at radius 2 is 2.09 bits per heavy atom. The minimum atomic E-state index is 0.232. The lowest BCUT2D eigenvalue weighted by atomic mass is 9.99. The van der Waals surface area contributed by atoms with Crippen LogP contribution in [0.2, 0.25) is 0 Å². The van der Waals surface area contributed by atoms with E-state index in [2.05, 4.69) is 24.0 Å². The molecule has 22 heavy (non-hydrogen) atoms. The van der Waals surface area contributed by atoms with E-state index in [4.69, 9.17) is 5.73 Å². The SMILES string of the molecule is CCN(Cc1ccccc1)C(=O)CN1CCCCC1CCN. The van der Waals surface area contributed by atoms with Gasteiger partial charge in [0.05, 0.1) is 6.54 Å². The molecule has 1 aromatic carbocycles. The molecule has 1 fully saturated rings. The second-order valence-corrected chi connectivity index (χ2v) is 6.09. The van der Waals surface area contributed by atoms with Crippen LogP contribution in [0.4, 0.5) is 0 Å². The summed E-state index contributed by atoms with van der Waals surface area (Å²) < 4.78 is 0. The van der Waals surface area contributed by atoms with Crippen molar-refractivity contribution in [1.29, 1.82) is 0 Å². The normalized spacial score (nSPS) is 19.1. The summed E-state index contributed by atoms with van der Waals surface area (Å²) in [6.07, 6.45) is 4.63. The van der Waals surface area contributed by atoms with Gasteiger partial charge in [-0.3, -0.25) is 9.69 Å². The molecule has 0 saturated carbocycles. The Morgan fingerprint density at radius 1 is 1.32 bits per heavy atom. The third kappa shape index (κ3) is 4.82. The maximum Gasteiger partial charge on any atom is 0.237 e. The average molecular weight is 303 g/mol. The number of carbonyl (C=O) groups is 1. The van der Waals surface area contributed by atoms with E-state index >= 15 is 0 Å². The summed E-state index contributed by atoms with van der Waals surface area (Å²) >= 11 is 0. The molecule has 1 heterocycles. The molecule has 4 heteroatoms. The Kier molecular flexibility index (Phi) is 6.87. The molecule has 1 aliphatic heterocycles. The van der Waals surface area contributed by atoms with Gasteiger partial charge in [0.2, 0.25) is 5.91 Å². The van der Waals surface area contributed by atoms with Crippen molar-refractivity contribution in [3.8, 4) is 0 Å². The monoisotopic (exact) mass is 303 g/mol. The summed E-state index contributed by atoms with van der Waals surface area (Å²) in [5.41, 5.74) is 6.91. The number of benzene rings is 1. The predicted molar refractivity (Wildman–Crippen MR) is 90.4 cm³/mol. The summed E-state index contributed by atoms with van der Waals surface area (Å²) in [4.78, 5) is 16.9. The molecule has 0 bridgehead atoms. The highest BCUT2D eigenvalue weighted by molar-refractivity contribution is 5.78. The summed E-state index contributed by atoms with van der Waals surface area (Å²) in [6.45, 7) is 5.77. The van der Waals surface area contributed by atoms with E-state index < -0.39 is 0 Å². The van der Waals surface area contributed by atoms with Gasteiger partial charge in [0.25, 0.3) is 0 Å². The smallest absolute Gasteiger partial charge is 0.237 e. The van der Waals surface area contributed by atoms with Gasteiger partial charge in [0.15, 0.2) is 0 Å². The van der Waals surface area contributed by atoms with E-state index in [0.717, 1.165) is 19.5 Å². The molecule has 1 amide bonds. The standard InChI is InChI=1S/C18H29N3O/c1-2-20(14-16-8-4-3-5-9-16)18(22)15-21-13-7-6-10-17(21)11-12-19/h3-5,8-9,17H,2,6-7,10-15,19H2,1H3. The van der Waals surface area contributed by atoms with Gasteiger partial charge in [-0.15, -0.1) is 0 Å². The zero-order valence-corrected chi connectivity index (χ0v) is 13.7. The van der Waals surface area contributed by atoms with Crippen molar-refractivity contribution in [1.82, 2.24) is 9.80 Å². The summed E-state index contributed by atoms with van der Waals surface area (Å²) in [6, 6.07) is 10.7. The molecule has 0 radical (unpaired) electrons. The minimum Gasteiger partial charge on any atom is -0.338 e. The molecule has 1 atom stereocenters. The number of likely N-dealkylation sites (N-methyl/N-ethyl adjacent to an activating group) is 1. The number of nitrogens with two attached hydrogens (primary N) is 1. The molecule has 2 rings (SSSR count). The molecule has 1 unspecified atom stereocenters. The Hall–Kier alpha value is -1.39. The molecule has 122 valence electrons. The van der Waals surface area contributed by atoms with E-state index in [9.17, 15) is 4.79 Å². The van der Waals surface area contributed by atoms with Crippen LogP contribution < -0.4 is 5.73 Å². The van der Waals surface area contributed by atoms with Crippen molar-refractivity contribution in [3.63, 3.8) is 0 Å². The van der Waals surface area contributed by atoms with Gasteiger partial charge in [-0.05, 0) is 44.8 Å². The zero-order valence-electron chi connectivity index (χ0n) is 13.7. The quantitative estimate of drug-likeness (QED) is 0.840. The first-order chi connectivity index (χ1) is 10.7. The molecular formula is C18H29N3O. The van der Waals surface area contributed by atoms with Gasteiger partial charge in [-0.2, -0.15) is 0 Å². The Balaban J connectivity index is 1.93. The van der Waals surface area contributed by atoms with Crippen LogP contribution in [0.5, 0.6) is 0 Å². The molecule has 1 aliphatic rings. The topological polar surface area (TPSA) is 49.6 Å². The number of hydrogen-bond acceptors (Lipinski definition) is 3. The summed E-state index contributed by atoms with van der Waals surface area (Å²) in [5, 5.41) is 0. The van der Waals surface area contributed by atoms with Crippen LogP contribution in [0.15, 0.2) is 30.3 Å². The maximum atomic E-state index is 12.6. The molecule has 0 aromatic heterocycles. The number of hydrogen-bond donors (Lipinski definition) is 1. The highest BCUT2D eigenvalue weighted by Gasteiger charge is 2.25. The van der Waals surface area contributed by atoms with Crippen LogP contribution in [0, 0.1) is 0 Å². The van der Waals surface area contributed by atoms with E-state index in [1.807, 2.05) is 23.1 Å². The first kappa shape index (κ1) is 17.0. The fraction of sp³-hybridized carbons (Fsp3) is 0.611. The lowest BCUT2D eigenvalue weighted by molar-refractivity contribution is -0.133. The number of nitrogens with zero attached hydrogens (tertiary/aromatic N) is 2. The Morgan fingerprint density at radius 3 is 2.77 bits per heavy atom. The minimum absolute atomic E-state index is 0.232. The molecule has 1 saturated heterocycles. The van der Waals surface area contributed by atoms with Gasteiger partial charge in [0.1, 0.15) is 0 Å². The van der Waals surface area contributed by atoms with Gasteiger partial charge in [-0.25, -0.2) is 0 Å². The zero-order chi connectivity index (χ0) is 15.8. The number of piperidine rings is 1. The summed E-state index contributed by atoms with van der Waals surface area (Å²) in [7, 11) is 0. The van der Waals surface area contributed by atoms with Crippen LogP contribution in [0.3, 0.4) is 0 Å². The highest BCUT2D eigenvalue weighted by atomic mass is 16.2.